The molecular formula is C22H24N2O6S2. The second-order valence-corrected chi connectivity index (χ2v) is 10.8. The Bertz CT molecular complexity index is 1160. The van der Waals surface area contributed by atoms with Gasteiger partial charge in [-0.2, -0.15) is 4.99 Å². The Labute approximate surface area is 191 Å². The minimum Gasteiger partial charge on any atom is -0.497 e. The Balaban J connectivity index is 1.70. The summed E-state index contributed by atoms with van der Waals surface area (Å²) >= 11 is 1.32. The molecule has 0 saturated carbocycles. The van der Waals surface area contributed by atoms with Crippen molar-refractivity contribution in [3.63, 3.8) is 0 Å². The van der Waals surface area contributed by atoms with Crippen molar-refractivity contribution >= 4 is 38.4 Å². The summed E-state index contributed by atoms with van der Waals surface area (Å²) in [6.45, 7) is 0. The van der Waals surface area contributed by atoms with E-state index in [1.54, 1.807) is 38.5 Å². The molecule has 2 fully saturated rings. The lowest BCUT2D eigenvalue weighted by Gasteiger charge is -2.26. The van der Waals surface area contributed by atoms with Gasteiger partial charge in [-0.15, -0.1) is 0 Å². The van der Waals surface area contributed by atoms with E-state index < -0.39 is 9.84 Å². The van der Waals surface area contributed by atoms with Crippen LogP contribution in [0, 0.1) is 0 Å². The number of benzene rings is 2. The molecular weight excluding hydrogens is 452 g/mol. The van der Waals surface area contributed by atoms with Crippen LogP contribution in [0.2, 0.25) is 0 Å². The molecule has 0 aromatic heterocycles. The predicted octanol–water partition coefficient (Wildman–Crippen LogP) is 2.56. The number of nitrogens with zero attached hydrogens (tertiary/aromatic N) is 2. The number of sulfone groups is 1. The lowest BCUT2D eigenvalue weighted by molar-refractivity contribution is -0.117. The fourth-order valence-electron chi connectivity index (χ4n) is 3.99. The molecule has 1 amide bonds. The lowest BCUT2D eigenvalue weighted by atomic mass is 10.1. The minimum absolute atomic E-state index is 0.000428. The van der Waals surface area contributed by atoms with Crippen molar-refractivity contribution in [3.8, 4) is 17.2 Å². The molecule has 2 aromatic carbocycles. The first-order valence-corrected chi connectivity index (χ1v) is 12.7. The Morgan fingerprint density at radius 2 is 1.81 bits per heavy atom. The van der Waals surface area contributed by atoms with E-state index in [2.05, 4.69) is 4.99 Å². The van der Waals surface area contributed by atoms with Gasteiger partial charge in [-0.05, 0) is 18.2 Å². The van der Waals surface area contributed by atoms with Gasteiger partial charge in [0.1, 0.15) is 17.2 Å². The normalized spacial score (nSPS) is 22.6. The SMILES string of the molecule is COc1ccc(N2C(=NC(=O)Cc3ccccc3OC)S[C@H]3CS(=O)(=O)C[C@@H]32)c(OC)c1. The third kappa shape index (κ3) is 4.42. The van der Waals surface area contributed by atoms with Crippen LogP contribution >= 0.6 is 11.8 Å². The zero-order chi connectivity index (χ0) is 22.9. The Hall–Kier alpha value is -2.72. The van der Waals surface area contributed by atoms with Crippen molar-refractivity contribution in [3.05, 3.63) is 48.0 Å². The van der Waals surface area contributed by atoms with Crippen LogP contribution in [-0.4, -0.2) is 63.6 Å². The van der Waals surface area contributed by atoms with Gasteiger partial charge in [-0.3, -0.25) is 4.79 Å². The Morgan fingerprint density at radius 3 is 2.53 bits per heavy atom. The van der Waals surface area contributed by atoms with Crippen molar-refractivity contribution in [1.82, 2.24) is 0 Å². The number of carbonyl (C=O) groups is 1. The number of hydrogen-bond donors (Lipinski definition) is 0. The van der Waals surface area contributed by atoms with E-state index in [1.165, 1.54) is 18.9 Å². The molecule has 170 valence electrons. The van der Waals surface area contributed by atoms with Crippen LogP contribution in [0.4, 0.5) is 5.69 Å². The largest absolute Gasteiger partial charge is 0.497 e. The van der Waals surface area contributed by atoms with Crippen molar-refractivity contribution in [2.45, 2.75) is 17.7 Å². The number of anilines is 1. The first-order chi connectivity index (χ1) is 15.3. The summed E-state index contributed by atoms with van der Waals surface area (Å²) in [7, 11) is 1.48. The molecule has 0 radical (unpaired) electrons. The van der Waals surface area contributed by atoms with Gasteiger partial charge in [0.25, 0.3) is 5.91 Å². The second-order valence-electron chi connectivity index (χ2n) is 7.49. The van der Waals surface area contributed by atoms with Crippen molar-refractivity contribution < 1.29 is 27.4 Å². The highest BCUT2D eigenvalue weighted by Crippen LogP contribution is 2.44. The zero-order valence-corrected chi connectivity index (χ0v) is 19.6. The van der Waals surface area contributed by atoms with Crippen LogP contribution in [0.1, 0.15) is 5.56 Å². The highest BCUT2D eigenvalue weighted by molar-refractivity contribution is 8.16. The summed E-state index contributed by atoms with van der Waals surface area (Å²) < 4.78 is 40.8. The predicted molar refractivity (Wildman–Crippen MR) is 125 cm³/mol. The van der Waals surface area contributed by atoms with E-state index in [1.807, 2.05) is 23.1 Å². The van der Waals surface area contributed by atoms with Crippen LogP contribution in [0.3, 0.4) is 0 Å². The van der Waals surface area contributed by atoms with E-state index in [4.69, 9.17) is 14.2 Å². The Morgan fingerprint density at radius 1 is 1.06 bits per heavy atom. The number of rotatable bonds is 6. The molecule has 0 bridgehead atoms. The molecule has 32 heavy (non-hydrogen) atoms. The summed E-state index contributed by atoms with van der Waals surface area (Å²) in [5.74, 6) is 1.46. The van der Waals surface area contributed by atoms with Gasteiger partial charge in [0.15, 0.2) is 15.0 Å². The third-order valence-corrected chi connectivity index (χ3v) is 8.68. The molecule has 0 N–H and O–H groups in total. The summed E-state index contributed by atoms with van der Waals surface area (Å²) in [5, 5.41) is 0.267. The molecule has 2 aliphatic rings. The highest BCUT2D eigenvalue weighted by Gasteiger charge is 2.50. The molecule has 2 aliphatic heterocycles. The highest BCUT2D eigenvalue weighted by atomic mass is 32.2. The van der Waals surface area contributed by atoms with Crippen molar-refractivity contribution in [2.24, 2.45) is 4.99 Å². The monoisotopic (exact) mass is 476 g/mol. The van der Waals surface area contributed by atoms with E-state index in [-0.39, 0.29) is 35.1 Å². The molecule has 2 heterocycles. The molecule has 2 aromatic rings. The van der Waals surface area contributed by atoms with Gasteiger partial charge in [0.05, 0.1) is 51.0 Å². The zero-order valence-electron chi connectivity index (χ0n) is 18.0. The first-order valence-electron chi connectivity index (χ1n) is 9.97. The van der Waals surface area contributed by atoms with Gasteiger partial charge < -0.3 is 19.1 Å². The molecule has 0 aliphatic carbocycles. The summed E-state index contributed by atoms with van der Waals surface area (Å²) in [6, 6.07) is 12.3. The number of carbonyl (C=O) groups excluding carboxylic acids is 1. The molecule has 2 saturated heterocycles. The van der Waals surface area contributed by atoms with E-state index in [0.29, 0.717) is 28.1 Å². The smallest absolute Gasteiger partial charge is 0.252 e. The maximum Gasteiger partial charge on any atom is 0.252 e. The number of amides is 1. The quantitative estimate of drug-likeness (QED) is 0.628. The minimum atomic E-state index is -3.17. The van der Waals surface area contributed by atoms with Gasteiger partial charge >= 0.3 is 0 Å². The number of para-hydroxylation sites is 1. The molecule has 4 rings (SSSR count). The standard InChI is InChI=1S/C22H24N2O6S2/c1-28-15-8-9-16(19(11-15)30-3)24-17-12-32(26,27)13-20(17)31-22(24)23-21(25)10-14-6-4-5-7-18(14)29-2/h4-9,11,17,20H,10,12-13H2,1-3H3/t17-,20-/m0/s1. The number of aliphatic imine (C=N–C) groups is 1. The number of amidine groups is 1. The number of fused-ring (bicyclic) bond motifs is 1. The first kappa shape index (κ1) is 22.5. The fraction of sp³-hybridized carbons (Fsp3) is 0.364. The summed E-state index contributed by atoms with van der Waals surface area (Å²) in [6.07, 6.45) is 0.0787. The number of ether oxygens (including phenoxy) is 3. The van der Waals surface area contributed by atoms with Crippen LogP contribution in [0.5, 0.6) is 17.2 Å². The molecule has 8 nitrogen and oxygen atoms in total. The van der Waals surface area contributed by atoms with Crippen molar-refractivity contribution in [1.29, 1.82) is 0 Å². The van der Waals surface area contributed by atoms with Crippen molar-refractivity contribution in [2.75, 3.05) is 37.7 Å². The number of thioether (sulfide) groups is 1. The number of methoxy groups -OCH3 is 3. The second kappa shape index (κ2) is 9.03. The molecule has 0 unspecified atom stereocenters. The topological polar surface area (TPSA) is 94.5 Å². The number of hydrogen-bond acceptors (Lipinski definition) is 7. The third-order valence-electron chi connectivity index (χ3n) is 5.47. The molecule has 0 spiro atoms. The van der Waals surface area contributed by atoms with E-state index in [0.717, 1.165) is 5.56 Å². The Kier molecular flexibility index (Phi) is 6.34. The van der Waals surface area contributed by atoms with E-state index >= 15 is 0 Å². The maximum absolute atomic E-state index is 12.9. The average molecular weight is 477 g/mol. The summed E-state index contributed by atoms with van der Waals surface area (Å²) in [4.78, 5) is 19.1. The lowest BCUT2D eigenvalue weighted by Crippen LogP contribution is -2.38. The van der Waals surface area contributed by atoms with Gasteiger partial charge in [-0.25, -0.2) is 8.42 Å². The van der Waals surface area contributed by atoms with Crippen LogP contribution in [-0.2, 0) is 21.1 Å². The van der Waals surface area contributed by atoms with Gasteiger partial charge in [-0.1, -0.05) is 30.0 Å². The van der Waals surface area contributed by atoms with Crippen LogP contribution < -0.4 is 19.1 Å². The van der Waals surface area contributed by atoms with Gasteiger partial charge in [0.2, 0.25) is 0 Å². The fourth-order valence-corrected chi connectivity index (χ4v) is 7.91. The molecule has 10 heteroatoms. The van der Waals surface area contributed by atoms with Crippen LogP contribution in [0.15, 0.2) is 47.5 Å². The molecule has 2 atom stereocenters. The van der Waals surface area contributed by atoms with E-state index in [9.17, 15) is 13.2 Å². The summed E-state index contributed by atoms with van der Waals surface area (Å²) in [5.41, 5.74) is 1.39. The maximum atomic E-state index is 12.9. The van der Waals surface area contributed by atoms with Crippen LogP contribution in [0.25, 0.3) is 0 Å². The average Bonchev–Trinajstić information content (AvgIpc) is 3.24. The van der Waals surface area contributed by atoms with Gasteiger partial charge in [0, 0.05) is 16.9 Å².